The number of amides is 1. The molecule has 3 aliphatic heterocycles. The third-order valence-electron chi connectivity index (χ3n) is 5.69. The SMILES string of the molecule is CC1CC2CCN1CC2NC(=O)c1ccc(Oc2cccc(C#N)c2)cc1. The fraction of sp³-hybridized carbons (Fsp3) is 0.364. The number of hydrogen-bond acceptors (Lipinski definition) is 4. The average Bonchev–Trinajstić information content (AvgIpc) is 2.69. The van der Waals surface area contributed by atoms with Crippen LogP contribution in [0.2, 0.25) is 0 Å². The molecule has 1 N–H and O–H groups in total. The highest BCUT2D eigenvalue weighted by molar-refractivity contribution is 5.94. The maximum absolute atomic E-state index is 12.6. The van der Waals surface area contributed by atoms with Crippen molar-refractivity contribution in [1.29, 1.82) is 5.26 Å². The van der Waals surface area contributed by atoms with Crippen LogP contribution >= 0.6 is 0 Å². The quantitative estimate of drug-likeness (QED) is 0.904. The van der Waals surface area contributed by atoms with Crippen LogP contribution in [0.4, 0.5) is 0 Å². The van der Waals surface area contributed by atoms with Gasteiger partial charge in [-0.3, -0.25) is 9.69 Å². The van der Waals surface area contributed by atoms with Crippen LogP contribution in [0.1, 0.15) is 35.7 Å². The molecule has 4 atom stereocenters. The van der Waals surface area contributed by atoms with Gasteiger partial charge in [0.25, 0.3) is 5.91 Å². The zero-order valence-corrected chi connectivity index (χ0v) is 15.4. The van der Waals surface area contributed by atoms with Crippen LogP contribution in [0.25, 0.3) is 0 Å². The Kier molecular flexibility index (Phi) is 4.83. The Morgan fingerprint density at radius 1 is 1.22 bits per heavy atom. The highest BCUT2D eigenvalue weighted by Gasteiger charge is 2.38. The number of piperidine rings is 3. The van der Waals surface area contributed by atoms with E-state index < -0.39 is 0 Å². The van der Waals surface area contributed by atoms with Crippen molar-refractivity contribution < 1.29 is 9.53 Å². The third-order valence-corrected chi connectivity index (χ3v) is 5.69. The molecule has 0 spiro atoms. The number of nitrogens with zero attached hydrogens (tertiary/aromatic N) is 2. The predicted octanol–water partition coefficient (Wildman–Crippen LogP) is 3.56. The molecule has 3 aliphatic rings. The molecule has 3 fully saturated rings. The van der Waals surface area contributed by atoms with Crippen molar-refractivity contribution in [3.05, 3.63) is 59.7 Å². The lowest BCUT2D eigenvalue weighted by Crippen LogP contribution is -2.60. The summed E-state index contributed by atoms with van der Waals surface area (Å²) in [6.07, 6.45) is 2.34. The number of hydrogen-bond donors (Lipinski definition) is 1. The Hall–Kier alpha value is -2.84. The first-order valence-electron chi connectivity index (χ1n) is 9.45. The number of carbonyl (C=O) groups is 1. The summed E-state index contributed by atoms with van der Waals surface area (Å²) in [5, 5.41) is 12.2. The Morgan fingerprint density at radius 3 is 2.70 bits per heavy atom. The molecule has 2 bridgehead atoms. The molecule has 0 aromatic heterocycles. The number of benzene rings is 2. The number of nitriles is 1. The zero-order valence-electron chi connectivity index (χ0n) is 15.4. The van der Waals surface area contributed by atoms with E-state index >= 15 is 0 Å². The van der Waals surface area contributed by atoms with Gasteiger partial charge in [0, 0.05) is 24.2 Å². The van der Waals surface area contributed by atoms with Gasteiger partial charge in [0.15, 0.2) is 0 Å². The number of rotatable bonds is 4. The van der Waals surface area contributed by atoms with E-state index in [1.165, 1.54) is 12.8 Å². The van der Waals surface area contributed by atoms with Crippen LogP contribution in [0.15, 0.2) is 48.5 Å². The fourth-order valence-corrected chi connectivity index (χ4v) is 4.15. The van der Waals surface area contributed by atoms with Gasteiger partial charge in [-0.05, 0) is 74.7 Å². The first-order valence-corrected chi connectivity index (χ1v) is 9.45. The highest BCUT2D eigenvalue weighted by Crippen LogP contribution is 2.32. The van der Waals surface area contributed by atoms with Crippen molar-refractivity contribution >= 4 is 5.91 Å². The molecule has 0 aliphatic carbocycles. The molecular formula is C22H23N3O2. The number of ether oxygens (including phenoxy) is 1. The van der Waals surface area contributed by atoms with Gasteiger partial charge in [-0.15, -0.1) is 0 Å². The standard InChI is InChI=1S/C22H23N3O2/c1-15-11-18-9-10-25(15)14-21(18)24-22(26)17-5-7-19(8-6-17)27-20-4-2-3-16(12-20)13-23/h2-8,12,15,18,21H,9-11,14H2,1H3,(H,24,26). The highest BCUT2D eigenvalue weighted by atomic mass is 16.5. The average molecular weight is 361 g/mol. The molecule has 5 rings (SSSR count). The van der Waals surface area contributed by atoms with Crippen molar-refractivity contribution in [2.45, 2.75) is 31.8 Å². The van der Waals surface area contributed by atoms with Gasteiger partial charge in [-0.25, -0.2) is 0 Å². The normalized spacial score (nSPS) is 26.2. The van der Waals surface area contributed by atoms with Crippen molar-refractivity contribution in [2.75, 3.05) is 13.1 Å². The molecule has 5 heteroatoms. The maximum atomic E-state index is 12.6. The summed E-state index contributed by atoms with van der Waals surface area (Å²) in [7, 11) is 0. The van der Waals surface area contributed by atoms with E-state index in [1.54, 1.807) is 48.5 Å². The summed E-state index contributed by atoms with van der Waals surface area (Å²) in [5.41, 5.74) is 1.19. The van der Waals surface area contributed by atoms with Gasteiger partial charge >= 0.3 is 0 Å². The van der Waals surface area contributed by atoms with Crippen LogP contribution in [0, 0.1) is 17.2 Å². The lowest BCUT2D eigenvalue weighted by atomic mass is 9.80. The third kappa shape index (κ3) is 3.81. The second-order valence-electron chi connectivity index (χ2n) is 7.47. The summed E-state index contributed by atoms with van der Waals surface area (Å²) in [4.78, 5) is 15.1. The number of carbonyl (C=O) groups excluding carboxylic acids is 1. The van der Waals surface area contributed by atoms with Gasteiger partial charge in [-0.2, -0.15) is 5.26 Å². The second kappa shape index (κ2) is 7.42. The van der Waals surface area contributed by atoms with Gasteiger partial charge in [0.1, 0.15) is 11.5 Å². The lowest BCUT2D eigenvalue weighted by Gasteiger charge is -2.48. The van der Waals surface area contributed by atoms with Crippen molar-refractivity contribution in [3.8, 4) is 17.6 Å². The number of fused-ring (bicyclic) bond motifs is 3. The van der Waals surface area contributed by atoms with Gasteiger partial charge in [-0.1, -0.05) is 6.07 Å². The maximum Gasteiger partial charge on any atom is 0.251 e. The minimum absolute atomic E-state index is 0.0283. The first-order chi connectivity index (χ1) is 13.1. The molecule has 4 unspecified atom stereocenters. The molecule has 2 aromatic carbocycles. The van der Waals surface area contributed by atoms with Crippen molar-refractivity contribution in [3.63, 3.8) is 0 Å². The van der Waals surface area contributed by atoms with E-state index in [4.69, 9.17) is 10.00 Å². The molecule has 3 saturated heterocycles. The molecule has 2 aromatic rings. The summed E-state index contributed by atoms with van der Waals surface area (Å²) in [6.45, 7) is 4.38. The van der Waals surface area contributed by atoms with E-state index in [2.05, 4.69) is 23.2 Å². The Labute approximate surface area is 159 Å². The Balaban J connectivity index is 1.38. The molecule has 0 radical (unpaired) electrons. The van der Waals surface area contributed by atoms with Crippen LogP contribution in [0.5, 0.6) is 11.5 Å². The van der Waals surface area contributed by atoms with Gasteiger partial charge in [0.05, 0.1) is 11.6 Å². The van der Waals surface area contributed by atoms with Crippen LogP contribution in [-0.4, -0.2) is 36.0 Å². The van der Waals surface area contributed by atoms with E-state index in [9.17, 15) is 4.79 Å². The monoisotopic (exact) mass is 361 g/mol. The van der Waals surface area contributed by atoms with Crippen molar-refractivity contribution in [1.82, 2.24) is 10.2 Å². The minimum atomic E-state index is -0.0283. The second-order valence-corrected chi connectivity index (χ2v) is 7.47. The van der Waals surface area contributed by atoms with E-state index in [1.807, 2.05) is 0 Å². The molecule has 1 amide bonds. The summed E-state index contributed by atoms with van der Waals surface area (Å²) in [6, 6.07) is 17.1. The first kappa shape index (κ1) is 17.6. The smallest absolute Gasteiger partial charge is 0.251 e. The van der Waals surface area contributed by atoms with E-state index in [0.29, 0.717) is 34.6 Å². The van der Waals surface area contributed by atoms with Crippen LogP contribution in [0.3, 0.4) is 0 Å². The largest absolute Gasteiger partial charge is 0.457 e. The van der Waals surface area contributed by atoms with Gasteiger partial charge in [0.2, 0.25) is 0 Å². The van der Waals surface area contributed by atoms with Crippen LogP contribution in [-0.2, 0) is 0 Å². The summed E-state index contributed by atoms with van der Waals surface area (Å²) in [5.74, 6) is 1.80. The Morgan fingerprint density at radius 2 is 2.04 bits per heavy atom. The molecule has 0 saturated carbocycles. The van der Waals surface area contributed by atoms with Gasteiger partial charge < -0.3 is 10.1 Å². The van der Waals surface area contributed by atoms with E-state index in [0.717, 1.165) is 13.1 Å². The number of nitrogens with one attached hydrogen (secondary N) is 1. The lowest BCUT2D eigenvalue weighted by molar-refractivity contribution is 0.0274. The predicted molar refractivity (Wildman–Crippen MR) is 103 cm³/mol. The summed E-state index contributed by atoms with van der Waals surface area (Å²) >= 11 is 0. The fourth-order valence-electron chi connectivity index (χ4n) is 4.15. The van der Waals surface area contributed by atoms with Crippen molar-refractivity contribution in [2.24, 2.45) is 5.92 Å². The van der Waals surface area contributed by atoms with Crippen LogP contribution < -0.4 is 10.1 Å². The summed E-state index contributed by atoms with van der Waals surface area (Å²) < 4.78 is 5.77. The minimum Gasteiger partial charge on any atom is -0.457 e. The topological polar surface area (TPSA) is 65.4 Å². The molecule has 27 heavy (non-hydrogen) atoms. The molecule has 138 valence electrons. The molecule has 5 nitrogen and oxygen atoms in total. The zero-order chi connectivity index (χ0) is 18.8. The van der Waals surface area contributed by atoms with E-state index in [-0.39, 0.29) is 11.9 Å². The Bertz CT molecular complexity index is 872. The molecule has 3 heterocycles. The molecular weight excluding hydrogens is 338 g/mol.